The van der Waals surface area contributed by atoms with Gasteiger partial charge in [-0.3, -0.25) is 4.98 Å². The van der Waals surface area contributed by atoms with Gasteiger partial charge in [-0.25, -0.2) is 0 Å². The van der Waals surface area contributed by atoms with Gasteiger partial charge in [0.05, 0.1) is 10.9 Å². The third-order valence-corrected chi connectivity index (χ3v) is 4.37. The fourth-order valence-corrected chi connectivity index (χ4v) is 3.45. The molecule has 0 bridgehead atoms. The van der Waals surface area contributed by atoms with Crippen LogP contribution in [0.2, 0.25) is 5.02 Å². The minimum Gasteiger partial charge on any atom is -0.253 e. The van der Waals surface area contributed by atoms with Gasteiger partial charge in [-0.2, -0.15) is 0 Å². The number of nitrogens with zero attached hydrogens (tertiary/aromatic N) is 1. The van der Waals surface area contributed by atoms with Gasteiger partial charge in [-0.15, -0.1) is 11.6 Å². The Bertz CT molecular complexity index is 768. The van der Waals surface area contributed by atoms with Gasteiger partial charge in [0, 0.05) is 27.0 Å². The zero-order chi connectivity index (χ0) is 14.8. The molecule has 3 rings (SSSR count). The summed E-state index contributed by atoms with van der Waals surface area (Å²) in [6, 6.07) is 17.9. The van der Waals surface area contributed by atoms with Gasteiger partial charge >= 0.3 is 0 Å². The van der Waals surface area contributed by atoms with Crippen LogP contribution in [-0.2, 0) is 6.42 Å². The molecule has 106 valence electrons. The van der Waals surface area contributed by atoms with Crippen LogP contribution in [-0.4, -0.2) is 4.98 Å². The largest absolute Gasteiger partial charge is 0.253 e. The lowest BCUT2D eigenvalue weighted by Gasteiger charge is -2.11. The monoisotopic (exact) mass is 379 g/mol. The predicted molar refractivity (Wildman–Crippen MR) is 93.2 cm³/mol. The van der Waals surface area contributed by atoms with E-state index in [0.29, 0.717) is 11.4 Å². The molecular formula is C17H12BrCl2N. The van der Waals surface area contributed by atoms with Crippen LogP contribution in [0, 0.1) is 0 Å². The maximum absolute atomic E-state index is 6.52. The number of benzene rings is 2. The number of para-hydroxylation sites is 1. The smallest absolute Gasteiger partial charge is 0.0705 e. The maximum atomic E-state index is 6.52. The highest BCUT2D eigenvalue weighted by Gasteiger charge is 2.12. The molecule has 0 aliphatic heterocycles. The van der Waals surface area contributed by atoms with E-state index in [1.165, 1.54) is 0 Å². The molecule has 3 aromatic rings. The predicted octanol–water partition coefficient (Wildman–Crippen LogP) is 6.17. The molecule has 0 amide bonds. The number of alkyl halides is 1. The molecule has 0 radical (unpaired) electrons. The SMILES string of the molecule is Clc1cc(Br)cc(C(Cl)Cc2ccc3ccccc3n2)c1. The minimum atomic E-state index is -0.159. The second-order valence-electron chi connectivity index (χ2n) is 4.87. The highest BCUT2D eigenvalue weighted by atomic mass is 79.9. The Morgan fingerprint density at radius 2 is 1.86 bits per heavy atom. The van der Waals surface area contributed by atoms with E-state index in [9.17, 15) is 0 Å². The Kier molecular flexibility index (Phi) is 4.48. The fraction of sp³-hybridized carbons (Fsp3) is 0.118. The lowest BCUT2D eigenvalue weighted by molar-refractivity contribution is 0.887. The van der Waals surface area contributed by atoms with Crippen LogP contribution in [0.3, 0.4) is 0 Å². The van der Waals surface area contributed by atoms with Gasteiger partial charge in [0.25, 0.3) is 0 Å². The van der Waals surface area contributed by atoms with Crippen LogP contribution in [0.15, 0.2) is 59.1 Å². The minimum absolute atomic E-state index is 0.159. The first-order valence-corrected chi connectivity index (χ1v) is 8.17. The highest BCUT2D eigenvalue weighted by Crippen LogP contribution is 2.30. The van der Waals surface area contributed by atoms with Crippen LogP contribution in [0.1, 0.15) is 16.6 Å². The van der Waals surface area contributed by atoms with E-state index in [0.717, 1.165) is 26.6 Å². The van der Waals surface area contributed by atoms with Crippen molar-refractivity contribution in [3.8, 4) is 0 Å². The highest BCUT2D eigenvalue weighted by molar-refractivity contribution is 9.10. The van der Waals surface area contributed by atoms with Crippen molar-refractivity contribution >= 4 is 50.0 Å². The van der Waals surface area contributed by atoms with Crippen LogP contribution in [0.4, 0.5) is 0 Å². The standard InChI is InChI=1S/C17H12BrCl2N/c18-13-7-12(8-14(19)9-13)16(20)10-15-6-5-11-3-1-2-4-17(11)21-15/h1-9,16H,10H2. The Labute approximate surface area is 142 Å². The third-order valence-electron chi connectivity index (χ3n) is 3.29. The van der Waals surface area contributed by atoms with Crippen molar-refractivity contribution in [3.63, 3.8) is 0 Å². The van der Waals surface area contributed by atoms with E-state index in [1.54, 1.807) is 0 Å². The molecule has 0 aliphatic rings. The van der Waals surface area contributed by atoms with Crippen LogP contribution < -0.4 is 0 Å². The Morgan fingerprint density at radius 1 is 1.05 bits per heavy atom. The van der Waals surface area contributed by atoms with Crippen molar-refractivity contribution in [3.05, 3.63) is 75.4 Å². The molecule has 21 heavy (non-hydrogen) atoms. The number of aromatic nitrogens is 1. The zero-order valence-electron chi connectivity index (χ0n) is 11.1. The number of fused-ring (bicyclic) bond motifs is 1. The molecule has 2 aromatic carbocycles. The number of halogens is 3. The van der Waals surface area contributed by atoms with E-state index < -0.39 is 0 Å². The maximum Gasteiger partial charge on any atom is 0.0705 e. The Morgan fingerprint density at radius 3 is 2.67 bits per heavy atom. The van der Waals surface area contributed by atoms with Crippen molar-refractivity contribution in [1.82, 2.24) is 4.98 Å². The van der Waals surface area contributed by atoms with Gasteiger partial charge in [-0.05, 0) is 35.9 Å². The summed E-state index contributed by atoms with van der Waals surface area (Å²) in [5.41, 5.74) is 2.96. The van der Waals surface area contributed by atoms with E-state index in [4.69, 9.17) is 23.2 Å². The van der Waals surface area contributed by atoms with Crippen molar-refractivity contribution < 1.29 is 0 Å². The van der Waals surface area contributed by atoms with Gasteiger partial charge in [0.1, 0.15) is 0 Å². The van der Waals surface area contributed by atoms with Crippen molar-refractivity contribution in [1.29, 1.82) is 0 Å². The molecule has 4 heteroatoms. The Balaban J connectivity index is 1.86. The molecule has 0 saturated carbocycles. The third kappa shape index (κ3) is 3.57. The molecule has 1 heterocycles. The average molecular weight is 381 g/mol. The fourth-order valence-electron chi connectivity index (χ4n) is 2.28. The topological polar surface area (TPSA) is 12.9 Å². The van der Waals surface area contributed by atoms with Crippen molar-refractivity contribution in [2.45, 2.75) is 11.8 Å². The molecule has 1 unspecified atom stereocenters. The molecule has 0 spiro atoms. The number of hydrogen-bond acceptors (Lipinski definition) is 1. The van der Waals surface area contributed by atoms with Gasteiger partial charge in [0.15, 0.2) is 0 Å². The summed E-state index contributed by atoms with van der Waals surface area (Å²) in [6.45, 7) is 0. The molecule has 0 aliphatic carbocycles. The number of hydrogen-bond donors (Lipinski definition) is 0. The Hall–Kier alpha value is -1.09. The van der Waals surface area contributed by atoms with Gasteiger partial charge < -0.3 is 0 Å². The average Bonchev–Trinajstić information content (AvgIpc) is 2.46. The van der Waals surface area contributed by atoms with E-state index in [-0.39, 0.29) is 5.38 Å². The van der Waals surface area contributed by atoms with Crippen LogP contribution in [0.5, 0.6) is 0 Å². The summed E-state index contributed by atoms with van der Waals surface area (Å²) in [5.74, 6) is 0. The lowest BCUT2D eigenvalue weighted by Crippen LogP contribution is -1.98. The molecular weight excluding hydrogens is 369 g/mol. The second-order valence-corrected chi connectivity index (χ2v) is 6.75. The first-order chi connectivity index (χ1) is 10.1. The summed E-state index contributed by atoms with van der Waals surface area (Å²) in [5, 5.41) is 1.66. The van der Waals surface area contributed by atoms with Crippen molar-refractivity contribution in [2.24, 2.45) is 0 Å². The first kappa shape index (κ1) is 14.8. The molecule has 1 nitrogen and oxygen atoms in total. The van der Waals surface area contributed by atoms with Crippen LogP contribution in [0.25, 0.3) is 10.9 Å². The van der Waals surface area contributed by atoms with E-state index in [2.05, 4.69) is 33.0 Å². The van der Waals surface area contributed by atoms with Gasteiger partial charge in [0.2, 0.25) is 0 Å². The molecule has 0 saturated heterocycles. The summed E-state index contributed by atoms with van der Waals surface area (Å²) in [7, 11) is 0. The molecule has 0 fully saturated rings. The summed E-state index contributed by atoms with van der Waals surface area (Å²) >= 11 is 16.0. The van der Waals surface area contributed by atoms with Crippen LogP contribution >= 0.6 is 39.1 Å². The summed E-state index contributed by atoms with van der Waals surface area (Å²) in [4.78, 5) is 4.66. The van der Waals surface area contributed by atoms with E-state index >= 15 is 0 Å². The molecule has 0 N–H and O–H groups in total. The number of pyridine rings is 1. The van der Waals surface area contributed by atoms with Gasteiger partial charge in [-0.1, -0.05) is 51.8 Å². The summed E-state index contributed by atoms with van der Waals surface area (Å²) in [6.07, 6.45) is 0.666. The first-order valence-electron chi connectivity index (χ1n) is 6.56. The zero-order valence-corrected chi connectivity index (χ0v) is 14.2. The molecule has 1 aromatic heterocycles. The normalized spacial score (nSPS) is 12.5. The quantitative estimate of drug-likeness (QED) is 0.495. The number of rotatable bonds is 3. The lowest BCUT2D eigenvalue weighted by atomic mass is 10.1. The molecule has 1 atom stereocenters. The van der Waals surface area contributed by atoms with E-state index in [1.807, 2.05) is 42.5 Å². The van der Waals surface area contributed by atoms with Crippen molar-refractivity contribution in [2.75, 3.05) is 0 Å². The summed E-state index contributed by atoms with van der Waals surface area (Å²) < 4.78 is 0.933. The second kappa shape index (κ2) is 6.35.